The topological polar surface area (TPSA) is 66.4 Å². The molecule has 0 aliphatic carbocycles. The smallest absolute Gasteiger partial charge is 0.242 e. The van der Waals surface area contributed by atoms with Crippen LogP contribution >= 0.6 is 22.9 Å². The average Bonchev–Trinajstić information content (AvgIpc) is 2.91. The van der Waals surface area contributed by atoms with Gasteiger partial charge in [0.25, 0.3) is 0 Å². The molecule has 114 valence electrons. The normalized spacial score (nSPS) is 14.9. The summed E-state index contributed by atoms with van der Waals surface area (Å²) in [6.45, 7) is 1.28. The third kappa shape index (κ3) is 3.81. The zero-order chi connectivity index (χ0) is 15.7. The number of sulfonamides is 1. The molecule has 1 heterocycles. The van der Waals surface area contributed by atoms with Crippen molar-refractivity contribution in [3.05, 3.63) is 51.4 Å². The quantitative estimate of drug-likeness (QED) is 0.872. The van der Waals surface area contributed by atoms with E-state index in [0.29, 0.717) is 5.56 Å². The van der Waals surface area contributed by atoms with Crippen molar-refractivity contribution < 1.29 is 17.9 Å². The highest BCUT2D eigenvalue weighted by Gasteiger charge is 2.27. The molecular formula is C13H13ClFNO3S2. The Kier molecular flexibility index (Phi) is 4.69. The van der Waals surface area contributed by atoms with Crippen LogP contribution < -0.4 is 4.72 Å². The van der Waals surface area contributed by atoms with Crippen molar-refractivity contribution in [1.29, 1.82) is 0 Å². The number of nitrogens with one attached hydrogen (secondary N) is 1. The molecule has 1 atom stereocenters. The minimum absolute atomic E-state index is 0.210. The summed E-state index contributed by atoms with van der Waals surface area (Å²) in [5.41, 5.74) is -0.736. The zero-order valence-corrected chi connectivity index (χ0v) is 13.4. The van der Waals surface area contributed by atoms with Crippen LogP contribution in [0.4, 0.5) is 4.39 Å². The van der Waals surface area contributed by atoms with Gasteiger partial charge < -0.3 is 5.11 Å². The number of aliphatic hydroxyl groups is 1. The van der Waals surface area contributed by atoms with E-state index in [0.717, 1.165) is 18.2 Å². The number of benzene rings is 1. The second-order valence-corrected chi connectivity index (χ2v) is 7.61. The minimum Gasteiger partial charge on any atom is -0.384 e. The van der Waals surface area contributed by atoms with E-state index < -0.39 is 21.4 Å². The predicted octanol–water partition coefficient (Wildman–Crippen LogP) is 2.73. The van der Waals surface area contributed by atoms with Gasteiger partial charge in [-0.3, -0.25) is 0 Å². The minimum atomic E-state index is -3.94. The lowest BCUT2D eigenvalue weighted by molar-refractivity contribution is 0.0632. The maximum atomic E-state index is 13.0. The maximum absolute atomic E-state index is 13.0. The first-order chi connectivity index (χ1) is 9.72. The molecule has 8 heteroatoms. The second kappa shape index (κ2) is 6.02. The molecule has 1 unspecified atom stereocenters. The zero-order valence-electron chi connectivity index (χ0n) is 11.0. The SMILES string of the molecule is CC(O)(CNS(=O)(=O)c1ccc(F)cc1Cl)c1ccsc1. The Hall–Kier alpha value is -0.990. The van der Waals surface area contributed by atoms with Crippen molar-refractivity contribution >= 4 is 33.0 Å². The molecule has 0 aliphatic heterocycles. The summed E-state index contributed by atoms with van der Waals surface area (Å²) >= 11 is 7.14. The van der Waals surface area contributed by atoms with Gasteiger partial charge in [0.1, 0.15) is 16.3 Å². The van der Waals surface area contributed by atoms with E-state index in [1.54, 1.807) is 16.8 Å². The molecule has 0 spiro atoms. The molecule has 0 bridgehead atoms. The molecule has 21 heavy (non-hydrogen) atoms. The number of thiophene rings is 1. The molecule has 2 N–H and O–H groups in total. The highest BCUT2D eigenvalue weighted by Crippen LogP contribution is 2.25. The molecule has 0 aliphatic rings. The van der Waals surface area contributed by atoms with Crippen molar-refractivity contribution in [2.45, 2.75) is 17.4 Å². The van der Waals surface area contributed by atoms with Crippen molar-refractivity contribution in [2.75, 3.05) is 6.54 Å². The summed E-state index contributed by atoms with van der Waals surface area (Å²) in [5.74, 6) is -0.621. The molecule has 0 amide bonds. The Morgan fingerprint density at radius 2 is 2.14 bits per heavy atom. The van der Waals surface area contributed by atoms with E-state index in [-0.39, 0.29) is 16.5 Å². The third-order valence-corrected chi connectivity index (χ3v) is 5.50. The molecule has 2 rings (SSSR count). The van der Waals surface area contributed by atoms with Crippen LogP contribution in [0.5, 0.6) is 0 Å². The number of hydrogen-bond donors (Lipinski definition) is 2. The summed E-state index contributed by atoms with van der Waals surface area (Å²) in [6, 6.07) is 4.73. The maximum Gasteiger partial charge on any atom is 0.242 e. The van der Waals surface area contributed by atoms with Gasteiger partial charge in [0.15, 0.2) is 0 Å². The van der Waals surface area contributed by atoms with E-state index in [1.807, 2.05) is 0 Å². The average molecular weight is 350 g/mol. The van der Waals surface area contributed by atoms with Crippen molar-refractivity contribution in [2.24, 2.45) is 0 Å². The van der Waals surface area contributed by atoms with E-state index >= 15 is 0 Å². The fourth-order valence-electron chi connectivity index (χ4n) is 1.68. The van der Waals surface area contributed by atoms with Crippen LogP contribution in [-0.4, -0.2) is 20.1 Å². The standard InChI is InChI=1S/C13H13ClFNO3S2/c1-13(17,9-4-5-20-7-9)8-16-21(18,19)12-3-2-10(15)6-11(12)14/h2-7,16-17H,8H2,1H3. The third-order valence-electron chi connectivity index (χ3n) is 2.93. The molecule has 4 nitrogen and oxygen atoms in total. The fraction of sp³-hybridized carbons (Fsp3) is 0.231. The Labute approximate surface area is 131 Å². The van der Waals surface area contributed by atoms with Gasteiger partial charge >= 0.3 is 0 Å². The van der Waals surface area contributed by atoms with Crippen molar-refractivity contribution in [1.82, 2.24) is 4.72 Å². The van der Waals surface area contributed by atoms with E-state index in [9.17, 15) is 17.9 Å². The summed E-state index contributed by atoms with van der Waals surface area (Å²) < 4.78 is 39.6. The first kappa shape index (κ1) is 16.4. The molecule has 0 saturated heterocycles. The van der Waals surface area contributed by atoms with Gasteiger partial charge in [-0.25, -0.2) is 17.5 Å². The molecule has 0 fully saturated rings. The van der Waals surface area contributed by atoms with Gasteiger partial charge in [-0.05, 0) is 47.5 Å². The summed E-state index contributed by atoms with van der Waals surface area (Å²) in [7, 11) is -3.94. The van der Waals surface area contributed by atoms with Gasteiger partial charge in [-0.15, -0.1) is 0 Å². The monoisotopic (exact) mass is 349 g/mol. The summed E-state index contributed by atoms with van der Waals surface area (Å²) in [5, 5.41) is 13.6. The first-order valence-electron chi connectivity index (χ1n) is 5.92. The molecular weight excluding hydrogens is 337 g/mol. The van der Waals surface area contributed by atoms with Gasteiger partial charge in [-0.2, -0.15) is 11.3 Å². The van der Waals surface area contributed by atoms with Crippen LogP contribution in [0.1, 0.15) is 12.5 Å². The van der Waals surface area contributed by atoms with Crippen LogP contribution in [0, 0.1) is 5.82 Å². The van der Waals surface area contributed by atoms with Gasteiger partial charge in [0, 0.05) is 6.54 Å². The lowest BCUT2D eigenvalue weighted by Gasteiger charge is -2.22. The highest BCUT2D eigenvalue weighted by molar-refractivity contribution is 7.89. The van der Waals surface area contributed by atoms with Crippen molar-refractivity contribution in [3.8, 4) is 0 Å². The summed E-state index contributed by atoms with van der Waals surface area (Å²) in [6.07, 6.45) is 0. The molecule has 2 aromatic rings. The predicted molar refractivity (Wildman–Crippen MR) is 80.5 cm³/mol. The molecule has 0 saturated carbocycles. The Morgan fingerprint density at radius 1 is 1.43 bits per heavy atom. The van der Waals surface area contributed by atoms with E-state index in [4.69, 9.17) is 11.6 Å². The van der Waals surface area contributed by atoms with Gasteiger partial charge in [0.2, 0.25) is 10.0 Å². The Morgan fingerprint density at radius 3 is 2.71 bits per heavy atom. The van der Waals surface area contributed by atoms with Gasteiger partial charge in [0.05, 0.1) is 5.02 Å². The largest absolute Gasteiger partial charge is 0.384 e. The van der Waals surface area contributed by atoms with E-state index in [2.05, 4.69) is 4.72 Å². The Bertz CT molecular complexity index is 730. The lowest BCUT2D eigenvalue weighted by Crippen LogP contribution is -2.38. The molecule has 1 aromatic carbocycles. The lowest BCUT2D eigenvalue weighted by atomic mass is 10.0. The van der Waals surface area contributed by atoms with E-state index in [1.165, 1.54) is 18.3 Å². The van der Waals surface area contributed by atoms with Crippen LogP contribution in [0.25, 0.3) is 0 Å². The molecule has 1 aromatic heterocycles. The van der Waals surface area contributed by atoms with Gasteiger partial charge in [-0.1, -0.05) is 11.6 Å². The van der Waals surface area contributed by atoms with Crippen LogP contribution in [0.15, 0.2) is 39.9 Å². The Balaban J connectivity index is 2.19. The van der Waals surface area contributed by atoms with Crippen LogP contribution in [-0.2, 0) is 15.6 Å². The number of rotatable bonds is 5. The number of halogens is 2. The van der Waals surface area contributed by atoms with Crippen LogP contribution in [0.2, 0.25) is 5.02 Å². The van der Waals surface area contributed by atoms with Crippen LogP contribution in [0.3, 0.4) is 0 Å². The fourth-order valence-corrected chi connectivity index (χ4v) is 4.12. The summed E-state index contributed by atoms with van der Waals surface area (Å²) in [4.78, 5) is -0.230. The second-order valence-electron chi connectivity index (χ2n) is 4.69. The number of hydrogen-bond acceptors (Lipinski definition) is 4. The highest BCUT2D eigenvalue weighted by atomic mass is 35.5. The van der Waals surface area contributed by atoms with Crippen molar-refractivity contribution in [3.63, 3.8) is 0 Å². The first-order valence-corrected chi connectivity index (χ1v) is 8.72. The molecule has 0 radical (unpaired) electrons.